The number of guanidine groups is 1. The second kappa shape index (κ2) is 10.0. The number of hydrogen-bond acceptors (Lipinski definition) is 5. The van der Waals surface area contributed by atoms with Crippen LogP contribution in [0.3, 0.4) is 0 Å². The van der Waals surface area contributed by atoms with Crippen LogP contribution in [0.4, 0.5) is 0 Å². The largest absolute Gasteiger partial charge is 0.386 e. The number of fused-ring (bicyclic) bond motifs is 1. The van der Waals surface area contributed by atoms with Crippen molar-refractivity contribution in [1.82, 2.24) is 15.5 Å². The van der Waals surface area contributed by atoms with E-state index in [0.717, 1.165) is 37.1 Å². The van der Waals surface area contributed by atoms with Gasteiger partial charge in [0, 0.05) is 56.0 Å². The average Bonchev–Trinajstić information content (AvgIpc) is 3.44. The van der Waals surface area contributed by atoms with Gasteiger partial charge in [-0.05, 0) is 30.4 Å². The minimum atomic E-state index is -0.550. The third-order valence-electron chi connectivity index (χ3n) is 4.80. The normalized spacial score (nSPS) is 16.1. The van der Waals surface area contributed by atoms with E-state index in [4.69, 9.17) is 4.74 Å². The van der Waals surface area contributed by atoms with Crippen LogP contribution in [0.25, 0.3) is 10.1 Å². The van der Waals surface area contributed by atoms with Gasteiger partial charge in [0.2, 0.25) is 0 Å². The number of hydrogen-bond donors (Lipinski definition) is 3. The molecule has 0 radical (unpaired) electrons. The summed E-state index contributed by atoms with van der Waals surface area (Å²) in [6.07, 6.45) is 2.03. The van der Waals surface area contributed by atoms with Crippen molar-refractivity contribution < 1.29 is 9.84 Å². The average molecular weight is 391 g/mol. The van der Waals surface area contributed by atoms with E-state index in [2.05, 4.69) is 38.7 Å². The third kappa shape index (κ3) is 5.90. The molecule has 1 aromatic heterocycles. The second-order valence-electron chi connectivity index (χ2n) is 6.84. The van der Waals surface area contributed by atoms with Gasteiger partial charge in [0.1, 0.15) is 6.10 Å². The number of rotatable bonds is 10. The topological polar surface area (TPSA) is 69.1 Å². The summed E-state index contributed by atoms with van der Waals surface area (Å²) in [6, 6.07) is 11.0. The van der Waals surface area contributed by atoms with E-state index in [9.17, 15) is 5.11 Å². The van der Waals surface area contributed by atoms with Crippen LogP contribution >= 0.6 is 11.3 Å². The zero-order valence-electron chi connectivity index (χ0n) is 16.1. The van der Waals surface area contributed by atoms with Gasteiger partial charge in [-0.1, -0.05) is 18.2 Å². The fourth-order valence-electron chi connectivity index (χ4n) is 3.12. The van der Waals surface area contributed by atoms with Gasteiger partial charge >= 0.3 is 0 Å². The molecular formula is C20H30N4O2S. The predicted octanol–water partition coefficient (Wildman–Crippen LogP) is 2.21. The summed E-state index contributed by atoms with van der Waals surface area (Å²) in [5.41, 5.74) is 0. The minimum Gasteiger partial charge on any atom is -0.386 e. The lowest BCUT2D eigenvalue weighted by Gasteiger charge is -2.22. The first-order chi connectivity index (χ1) is 13.2. The van der Waals surface area contributed by atoms with E-state index < -0.39 is 6.10 Å². The molecule has 27 heavy (non-hydrogen) atoms. The van der Waals surface area contributed by atoms with Gasteiger partial charge in [0.05, 0.1) is 6.61 Å². The monoisotopic (exact) mass is 390 g/mol. The van der Waals surface area contributed by atoms with Gasteiger partial charge in [0.15, 0.2) is 5.96 Å². The Balaban J connectivity index is 1.43. The lowest BCUT2D eigenvalue weighted by molar-refractivity contribution is 0.144. The zero-order valence-corrected chi connectivity index (χ0v) is 17.0. The third-order valence-corrected chi connectivity index (χ3v) is 6.01. The zero-order chi connectivity index (χ0) is 19.1. The Labute approximate surface area is 165 Å². The molecule has 1 heterocycles. The van der Waals surface area contributed by atoms with Crippen molar-refractivity contribution in [3.8, 4) is 0 Å². The number of nitrogens with zero attached hydrogens (tertiary/aromatic N) is 2. The summed E-state index contributed by atoms with van der Waals surface area (Å²) in [7, 11) is 3.50. The molecule has 1 saturated carbocycles. The van der Waals surface area contributed by atoms with Crippen molar-refractivity contribution in [2.45, 2.75) is 25.0 Å². The summed E-state index contributed by atoms with van der Waals surface area (Å²) in [5.74, 6) is 0.720. The van der Waals surface area contributed by atoms with Crippen LogP contribution in [0.2, 0.25) is 0 Å². The molecule has 6 nitrogen and oxygen atoms in total. The highest BCUT2D eigenvalue weighted by molar-refractivity contribution is 7.19. The SMILES string of the molecule is CN=C(NCCN(CCOC)C1CC1)NCC(O)c1cc2ccccc2s1. The fourth-order valence-corrected chi connectivity index (χ4v) is 4.17. The molecule has 148 valence electrons. The smallest absolute Gasteiger partial charge is 0.191 e. The molecule has 7 heteroatoms. The van der Waals surface area contributed by atoms with Crippen molar-refractivity contribution in [1.29, 1.82) is 0 Å². The standard InChI is InChI=1S/C20H30N4O2S/c1-21-20(22-9-10-24(11-12-26-2)16-7-8-16)23-14-17(25)19-13-15-5-3-4-6-18(15)27-19/h3-6,13,16-17,25H,7-12,14H2,1-2H3,(H2,21,22,23). The highest BCUT2D eigenvalue weighted by Crippen LogP contribution is 2.29. The Morgan fingerprint density at radius 2 is 2.15 bits per heavy atom. The van der Waals surface area contributed by atoms with E-state index in [0.29, 0.717) is 12.6 Å². The first-order valence-corrected chi connectivity index (χ1v) is 10.4. The van der Waals surface area contributed by atoms with Crippen molar-refractivity contribution >= 4 is 27.4 Å². The van der Waals surface area contributed by atoms with Crippen LogP contribution in [-0.4, -0.2) is 69.0 Å². The van der Waals surface area contributed by atoms with Gasteiger partial charge in [-0.25, -0.2) is 0 Å². The Morgan fingerprint density at radius 3 is 2.85 bits per heavy atom. The first-order valence-electron chi connectivity index (χ1n) is 9.55. The van der Waals surface area contributed by atoms with Gasteiger partial charge in [-0.3, -0.25) is 9.89 Å². The van der Waals surface area contributed by atoms with Crippen LogP contribution in [0.1, 0.15) is 23.8 Å². The molecule has 1 unspecified atom stereocenters. The number of ether oxygens (including phenoxy) is 1. The Morgan fingerprint density at radius 1 is 1.33 bits per heavy atom. The van der Waals surface area contributed by atoms with E-state index in [1.165, 1.54) is 22.9 Å². The molecule has 1 atom stereocenters. The number of nitrogens with one attached hydrogen (secondary N) is 2. The highest BCUT2D eigenvalue weighted by Gasteiger charge is 2.28. The van der Waals surface area contributed by atoms with Crippen molar-refractivity contribution in [3.63, 3.8) is 0 Å². The van der Waals surface area contributed by atoms with Gasteiger partial charge in [-0.15, -0.1) is 11.3 Å². The molecule has 0 saturated heterocycles. The molecule has 0 spiro atoms. The molecular weight excluding hydrogens is 360 g/mol. The Hall–Kier alpha value is -1.67. The number of aliphatic imine (C=N–C) groups is 1. The molecule has 0 amide bonds. The van der Waals surface area contributed by atoms with E-state index >= 15 is 0 Å². The van der Waals surface area contributed by atoms with Gasteiger partial charge < -0.3 is 20.5 Å². The minimum absolute atomic E-state index is 0.433. The molecule has 1 fully saturated rings. The van der Waals surface area contributed by atoms with Crippen molar-refractivity contribution in [2.75, 3.05) is 46.9 Å². The van der Waals surface area contributed by atoms with E-state index in [1.807, 2.05) is 12.1 Å². The summed E-state index contributed by atoms with van der Waals surface area (Å²) in [5, 5.41) is 18.2. The molecule has 1 aliphatic carbocycles. The van der Waals surface area contributed by atoms with Crippen LogP contribution in [0.5, 0.6) is 0 Å². The maximum absolute atomic E-state index is 10.5. The molecule has 2 aromatic rings. The van der Waals surface area contributed by atoms with Crippen LogP contribution in [-0.2, 0) is 4.74 Å². The van der Waals surface area contributed by atoms with Crippen LogP contribution < -0.4 is 10.6 Å². The second-order valence-corrected chi connectivity index (χ2v) is 7.96. The van der Waals surface area contributed by atoms with Crippen LogP contribution in [0.15, 0.2) is 35.3 Å². The molecule has 3 rings (SSSR count). The predicted molar refractivity (Wildman–Crippen MR) is 113 cm³/mol. The fraction of sp³-hybridized carbons (Fsp3) is 0.550. The van der Waals surface area contributed by atoms with Crippen molar-refractivity contribution in [2.24, 2.45) is 4.99 Å². The number of benzene rings is 1. The summed E-state index contributed by atoms with van der Waals surface area (Å²) in [6.45, 7) is 3.96. The van der Waals surface area contributed by atoms with Gasteiger partial charge in [-0.2, -0.15) is 0 Å². The molecule has 0 bridgehead atoms. The van der Waals surface area contributed by atoms with Crippen LogP contribution in [0, 0.1) is 0 Å². The first kappa shape index (κ1) is 20.1. The molecule has 3 N–H and O–H groups in total. The van der Waals surface area contributed by atoms with Crippen molar-refractivity contribution in [3.05, 3.63) is 35.2 Å². The summed E-state index contributed by atoms with van der Waals surface area (Å²) >= 11 is 1.64. The van der Waals surface area contributed by atoms with E-state index in [-0.39, 0.29) is 0 Å². The molecule has 1 aliphatic rings. The summed E-state index contributed by atoms with van der Waals surface area (Å²) < 4.78 is 6.40. The number of aliphatic hydroxyl groups excluding tert-OH is 1. The highest BCUT2D eigenvalue weighted by atomic mass is 32.1. The lowest BCUT2D eigenvalue weighted by atomic mass is 10.2. The Kier molecular flexibility index (Phi) is 7.46. The quantitative estimate of drug-likeness (QED) is 0.429. The maximum atomic E-state index is 10.5. The molecule has 0 aliphatic heterocycles. The van der Waals surface area contributed by atoms with Gasteiger partial charge in [0.25, 0.3) is 0 Å². The number of thiophene rings is 1. The lowest BCUT2D eigenvalue weighted by Crippen LogP contribution is -2.43. The summed E-state index contributed by atoms with van der Waals surface area (Å²) in [4.78, 5) is 7.70. The maximum Gasteiger partial charge on any atom is 0.191 e. The molecule has 1 aromatic carbocycles. The number of methoxy groups -OCH3 is 1. The number of aliphatic hydroxyl groups is 1. The Bertz CT molecular complexity index is 711. The van der Waals surface area contributed by atoms with E-state index in [1.54, 1.807) is 25.5 Å².